The maximum atomic E-state index is 13.0. The van der Waals surface area contributed by atoms with Gasteiger partial charge in [-0.05, 0) is 73.2 Å². The zero-order valence-electron chi connectivity index (χ0n) is 19.4. The number of hydrogen-bond donors (Lipinski definition) is 1. The molecular weight excluding hydrogens is 420 g/mol. The van der Waals surface area contributed by atoms with Gasteiger partial charge in [0.2, 0.25) is 0 Å². The van der Waals surface area contributed by atoms with E-state index in [-0.39, 0.29) is 17.8 Å². The van der Waals surface area contributed by atoms with Gasteiger partial charge >= 0.3 is 0 Å². The number of benzene rings is 1. The smallest absolute Gasteiger partial charge is 0.252 e. The van der Waals surface area contributed by atoms with Crippen molar-refractivity contribution in [3.05, 3.63) is 51.1 Å². The topological polar surface area (TPSA) is 98.2 Å². The van der Waals surface area contributed by atoms with Gasteiger partial charge in [0, 0.05) is 42.8 Å². The average Bonchev–Trinajstić information content (AvgIpc) is 3.54. The van der Waals surface area contributed by atoms with Crippen LogP contribution >= 0.6 is 0 Å². The van der Waals surface area contributed by atoms with E-state index in [0.717, 1.165) is 78.9 Å². The molecule has 2 atom stereocenters. The van der Waals surface area contributed by atoms with Crippen molar-refractivity contribution in [2.45, 2.75) is 71.4 Å². The third-order valence-electron chi connectivity index (χ3n) is 6.64. The second-order valence-electron chi connectivity index (χ2n) is 9.38. The van der Waals surface area contributed by atoms with E-state index in [1.165, 1.54) is 0 Å². The summed E-state index contributed by atoms with van der Waals surface area (Å²) >= 11 is 0. The molecule has 9 heteroatoms. The van der Waals surface area contributed by atoms with E-state index in [1.807, 2.05) is 23.7 Å². The first kappa shape index (κ1) is 22.2. The molecule has 0 bridgehead atoms. The standard InChI is InChI=1S/C24H32N6O3/c1-16-9-17(2)21-11-18(24(31)25-22(21)10-16)12-29(13-19-5-3-7-32-19)15-23-26-27-28-30(23)14-20-6-4-8-33-20/h9-11,19-20H,3-8,12-15H2,1-2H3,(H,25,31)/t19-,20+/m1/s1. The maximum absolute atomic E-state index is 13.0. The Kier molecular flexibility index (Phi) is 6.52. The van der Waals surface area contributed by atoms with Crippen LogP contribution in [0.2, 0.25) is 0 Å². The first-order valence-electron chi connectivity index (χ1n) is 11.9. The Bertz CT molecular complexity index is 1160. The number of aryl methyl sites for hydroxylation is 2. The van der Waals surface area contributed by atoms with E-state index in [0.29, 0.717) is 19.6 Å². The van der Waals surface area contributed by atoms with Crippen LogP contribution in [-0.2, 0) is 29.1 Å². The van der Waals surface area contributed by atoms with Crippen LogP contribution in [0.25, 0.3) is 10.9 Å². The van der Waals surface area contributed by atoms with Gasteiger partial charge in [-0.15, -0.1) is 5.10 Å². The van der Waals surface area contributed by atoms with E-state index in [9.17, 15) is 4.79 Å². The predicted molar refractivity (Wildman–Crippen MR) is 124 cm³/mol. The van der Waals surface area contributed by atoms with E-state index >= 15 is 0 Å². The molecule has 0 saturated carbocycles. The summed E-state index contributed by atoms with van der Waals surface area (Å²) in [7, 11) is 0. The number of H-pyrrole nitrogens is 1. The molecule has 9 nitrogen and oxygen atoms in total. The summed E-state index contributed by atoms with van der Waals surface area (Å²) in [5.74, 6) is 0.785. The summed E-state index contributed by atoms with van der Waals surface area (Å²) < 4.78 is 13.5. The molecule has 176 valence electrons. The van der Waals surface area contributed by atoms with Crippen LogP contribution in [0.15, 0.2) is 23.0 Å². The molecule has 3 aromatic rings. The molecule has 2 aromatic heterocycles. The molecule has 2 aliphatic rings. The Morgan fingerprint density at radius 3 is 2.64 bits per heavy atom. The van der Waals surface area contributed by atoms with Crippen LogP contribution in [0.1, 0.15) is 48.2 Å². The first-order chi connectivity index (χ1) is 16.0. The van der Waals surface area contributed by atoms with Crippen LogP contribution < -0.4 is 5.56 Å². The lowest BCUT2D eigenvalue weighted by molar-refractivity contribution is 0.0647. The number of aromatic amines is 1. The molecule has 0 spiro atoms. The number of hydrogen-bond acceptors (Lipinski definition) is 7. The van der Waals surface area contributed by atoms with E-state index in [1.54, 1.807) is 0 Å². The SMILES string of the molecule is Cc1cc(C)c2cc(CN(Cc3nnnn3C[C@@H]3CCCO3)C[C@H]3CCCO3)c(=O)[nH]c2c1. The third kappa shape index (κ3) is 5.15. The third-order valence-corrected chi connectivity index (χ3v) is 6.64. The molecule has 0 aliphatic carbocycles. The van der Waals surface area contributed by atoms with Gasteiger partial charge in [0.15, 0.2) is 5.82 Å². The number of nitrogens with zero attached hydrogens (tertiary/aromatic N) is 5. The lowest BCUT2D eigenvalue weighted by Gasteiger charge is -2.25. The van der Waals surface area contributed by atoms with E-state index < -0.39 is 0 Å². The summed E-state index contributed by atoms with van der Waals surface area (Å²) in [6.45, 7) is 8.17. The van der Waals surface area contributed by atoms with Crippen LogP contribution in [0.4, 0.5) is 0 Å². The minimum atomic E-state index is -0.0520. The fraction of sp³-hybridized carbons (Fsp3) is 0.583. The molecule has 0 amide bonds. The lowest BCUT2D eigenvalue weighted by atomic mass is 10.0. The van der Waals surface area contributed by atoms with Gasteiger partial charge < -0.3 is 14.5 Å². The van der Waals surface area contributed by atoms with Gasteiger partial charge in [-0.2, -0.15) is 0 Å². The molecule has 5 rings (SSSR count). The van der Waals surface area contributed by atoms with E-state index in [2.05, 4.69) is 38.4 Å². The monoisotopic (exact) mass is 452 g/mol. The molecule has 2 aliphatic heterocycles. The second kappa shape index (κ2) is 9.70. The van der Waals surface area contributed by atoms with E-state index in [4.69, 9.17) is 9.47 Å². The minimum Gasteiger partial charge on any atom is -0.377 e. The quantitative estimate of drug-likeness (QED) is 0.561. The molecule has 1 N–H and O–H groups in total. The highest BCUT2D eigenvalue weighted by atomic mass is 16.5. The Hall–Kier alpha value is -2.62. The molecule has 0 unspecified atom stereocenters. The van der Waals surface area contributed by atoms with Crippen LogP contribution in [-0.4, -0.2) is 62.1 Å². The number of rotatable bonds is 8. The molecule has 4 heterocycles. The average molecular weight is 453 g/mol. The summed E-state index contributed by atoms with van der Waals surface area (Å²) in [5, 5.41) is 13.5. The Balaban J connectivity index is 1.40. The highest BCUT2D eigenvalue weighted by Gasteiger charge is 2.24. The molecule has 2 saturated heterocycles. The van der Waals surface area contributed by atoms with Crippen molar-refractivity contribution >= 4 is 10.9 Å². The summed E-state index contributed by atoms with van der Waals surface area (Å²) in [6, 6.07) is 6.20. The second-order valence-corrected chi connectivity index (χ2v) is 9.38. The van der Waals surface area contributed by atoms with Crippen molar-refractivity contribution in [3.8, 4) is 0 Å². The predicted octanol–water partition coefficient (Wildman–Crippen LogP) is 2.49. The number of tetrazole rings is 1. The maximum Gasteiger partial charge on any atom is 0.252 e. The minimum absolute atomic E-state index is 0.0520. The van der Waals surface area contributed by atoms with Gasteiger partial charge in [-0.1, -0.05) is 6.07 Å². The number of fused-ring (bicyclic) bond motifs is 1. The molecular formula is C24H32N6O3. The highest BCUT2D eigenvalue weighted by Crippen LogP contribution is 2.21. The van der Waals surface area contributed by atoms with Gasteiger partial charge in [0.1, 0.15) is 0 Å². The van der Waals surface area contributed by atoms with Crippen molar-refractivity contribution < 1.29 is 9.47 Å². The molecule has 33 heavy (non-hydrogen) atoms. The zero-order valence-corrected chi connectivity index (χ0v) is 19.4. The highest BCUT2D eigenvalue weighted by molar-refractivity contribution is 5.83. The van der Waals surface area contributed by atoms with Gasteiger partial charge in [0.05, 0.1) is 25.3 Å². The van der Waals surface area contributed by atoms with Crippen molar-refractivity contribution in [3.63, 3.8) is 0 Å². The van der Waals surface area contributed by atoms with Gasteiger partial charge in [-0.3, -0.25) is 9.69 Å². The van der Waals surface area contributed by atoms with Crippen molar-refractivity contribution in [1.29, 1.82) is 0 Å². The summed E-state index contributed by atoms with van der Waals surface area (Å²) in [4.78, 5) is 18.3. The van der Waals surface area contributed by atoms with Gasteiger partial charge in [-0.25, -0.2) is 4.68 Å². The number of nitrogens with one attached hydrogen (secondary N) is 1. The number of aromatic nitrogens is 5. The fourth-order valence-corrected chi connectivity index (χ4v) is 5.00. The Morgan fingerprint density at radius 2 is 1.88 bits per heavy atom. The number of ether oxygens (including phenoxy) is 2. The largest absolute Gasteiger partial charge is 0.377 e. The zero-order chi connectivity index (χ0) is 22.8. The van der Waals surface area contributed by atoms with Gasteiger partial charge in [0.25, 0.3) is 5.56 Å². The Labute approximate surface area is 193 Å². The summed E-state index contributed by atoms with van der Waals surface area (Å²) in [6.07, 6.45) is 4.54. The Morgan fingerprint density at radius 1 is 1.09 bits per heavy atom. The normalized spacial score (nSPS) is 20.9. The van der Waals surface area contributed by atoms with Crippen molar-refractivity contribution in [2.24, 2.45) is 0 Å². The van der Waals surface area contributed by atoms with Crippen molar-refractivity contribution in [2.75, 3.05) is 19.8 Å². The first-order valence-corrected chi connectivity index (χ1v) is 11.9. The number of pyridine rings is 1. The molecule has 1 aromatic carbocycles. The van der Waals surface area contributed by atoms with Crippen LogP contribution in [0.5, 0.6) is 0 Å². The summed E-state index contributed by atoms with van der Waals surface area (Å²) in [5.41, 5.74) is 3.87. The lowest BCUT2D eigenvalue weighted by Crippen LogP contribution is -2.34. The molecule has 0 radical (unpaired) electrons. The fourth-order valence-electron chi connectivity index (χ4n) is 5.00. The van der Waals surface area contributed by atoms with Crippen LogP contribution in [0, 0.1) is 13.8 Å². The van der Waals surface area contributed by atoms with Crippen molar-refractivity contribution in [1.82, 2.24) is 30.1 Å². The molecule has 2 fully saturated rings. The van der Waals surface area contributed by atoms with Crippen LogP contribution in [0.3, 0.4) is 0 Å².